The second-order valence-corrected chi connectivity index (χ2v) is 4.70. The highest BCUT2D eigenvalue weighted by atomic mass is 127. The Morgan fingerprint density at radius 3 is 2.60 bits per heavy atom. The summed E-state index contributed by atoms with van der Waals surface area (Å²) in [7, 11) is 0. The number of halogens is 1. The lowest BCUT2D eigenvalue weighted by Gasteiger charge is -2.08. The lowest BCUT2D eigenvalue weighted by Crippen LogP contribution is -1.97. The van der Waals surface area contributed by atoms with Crippen LogP contribution in [0.2, 0.25) is 0 Å². The van der Waals surface area contributed by atoms with E-state index in [0.717, 1.165) is 6.07 Å². The van der Waals surface area contributed by atoms with Crippen molar-refractivity contribution in [2.24, 2.45) is 0 Å². The van der Waals surface area contributed by atoms with Gasteiger partial charge in [0.1, 0.15) is 5.75 Å². The van der Waals surface area contributed by atoms with Crippen LogP contribution in [0.5, 0.6) is 5.75 Å². The van der Waals surface area contributed by atoms with Gasteiger partial charge in [-0.05, 0) is 22.6 Å². The number of rotatable bonds is 3. The molecule has 1 aromatic carbocycles. The summed E-state index contributed by atoms with van der Waals surface area (Å²) in [6.07, 6.45) is 0. The molecule has 0 radical (unpaired) electrons. The molecule has 6 nitrogen and oxygen atoms in total. The summed E-state index contributed by atoms with van der Waals surface area (Å²) in [5, 5.41) is 19.9. The summed E-state index contributed by atoms with van der Waals surface area (Å²) in [6, 6.07) is 2.22. The van der Waals surface area contributed by atoms with E-state index in [9.17, 15) is 24.0 Å². The van der Waals surface area contributed by atoms with Gasteiger partial charge in [-0.1, -0.05) is 11.1 Å². The van der Waals surface area contributed by atoms with Crippen LogP contribution in [-0.2, 0) is 16.8 Å². The zero-order chi connectivity index (χ0) is 11.6. The molecule has 15 heavy (non-hydrogen) atoms. The average molecular weight is 342 g/mol. The van der Waals surface area contributed by atoms with Crippen molar-refractivity contribution in [2.45, 2.75) is 5.75 Å². The number of hydrogen-bond donors (Lipinski definition) is 1. The summed E-state index contributed by atoms with van der Waals surface area (Å²) in [5.74, 6) is -0.672. The largest absolute Gasteiger partial charge is 0.772 e. The van der Waals surface area contributed by atoms with Gasteiger partial charge in [0.2, 0.25) is 0 Å². The Morgan fingerprint density at radius 2 is 2.13 bits per heavy atom. The molecule has 0 aliphatic carbocycles. The SMILES string of the molecule is O=[N+]([O-])c1cc(I)c(O)c(CS(=O)[O-])c1. The third-order valence-electron chi connectivity index (χ3n) is 1.61. The quantitative estimate of drug-likeness (QED) is 0.386. The third-order valence-corrected chi connectivity index (χ3v) is 2.98. The van der Waals surface area contributed by atoms with Crippen LogP contribution in [0, 0.1) is 13.7 Å². The Bertz CT molecular complexity index is 436. The monoisotopic (exact) mass is 342 g/mol. The van der Waals surface area contributed by atoms with Gasteiger partial charge < -0.3 is 9.66 Å². The first-order chi connectivity index (χ1) is 6.91. The van der Waals surface area contributed by atoms with Crippen LogP contribution in [0.4, 0.5) is 5.69 Å². The normalized spacial score (nSPS) is 12.4. The number of nitro benzene ring substituents is 1. The van der Waals surface area contributed by atoms with Crippen LogP contribution < -0.4 is 0 Å². The van der Waals surface area contributed by atoms with Crippen molar-refractivity contribution in [2.75, 3.05) is 0 Å². The van der Waals surface area contributed by atoms with Crippen LogP contribution in [0.3, 0.4) is 0 Å². The second kappa shape index (κ2) is 4.86. The van der Waals surface area contributed by atoms with Gasteiger partial charge in [0, 0.05) is 23.4 Å². The fourth-order valence-electron chi connectivity index (χ4n) is 0.983. The maximum Gasteiger partial charge on any atom is 0.271 e. The van der Waals surface area contributed by atoms with Gasteiger partial charge in [-0.25, -0.2) is 0 Å². The Hall–Kier alpha value is -0.740. The maximum atomic E-state index is 10.5. The maximum absolute atomic E-state index is 10.5. The fourth-order valence-corrected chi connectivity index (χ4v) is 2.12. The number of non-ortho nitro benzene ring substituents is 1. The molecule has 1 unspecified atom stereocenters. The molecule has 0 saturated heterocycles. The molecule has 0 aliphatic heterocycles. The predicted molar refractivity (Wildman–Crippen MR) is 60.1 cm³/mol. The number of aromatic hydroxyl groups is 1. The van der Waals surface area contributed by atoms with E-state index >= 15 is 0 Å². The van der Waals surface area contributed by atoms with Crippen molar-refractivity contribution >= 4 is 39.4 Å². The predicted octanol–water partition coefficient (Wildman–Crippen LogP) is 1.28. The Labute approximate surface area is 101 Å². The van der Waals surface area contributed by atoms with E-state index < -0.39 is 21.8 Å². The number of phenolic OH excluding ortho intramolecular Hbond substituents is 1. The van der Waals surface area contributed by atoms with Crippen LogP contribution >= 0.6 is 22.6 Å². The van der Waals surface area contributed by atoms with Gasteiger partial charge in [0.15, 0.2) is 0 Å². The second-order valence-electron chi connectivity index (χ2n) is 2.64. The van der Waals surface area contributed by atoms with Crippen molar-refractivity contribution in [1.29, 1.82) is 0 Å². The highest BCUT2D eigenvalue weighted by molar-refractivity contribution is 14.1. The lowest BCUT2D eigenvalue weighted by molar-refractivity contribution is -0.385. The van der Waals surface area contributed by atoms with E-state index in [1.165, 1.54) is 6.07 Å². The standard InChI is InChI=1S/C7H6INO5S/c8-6-2-5(9(11)12)1-4(7(6)10)3-15(13)14/h1-2,10H,3H2,(H,13,14)/p-1. The molecular formula is C7H5INO5S-. The van der Waals surface area contributed by atoms with Gasteiger partial charge in [-0.3, -0.25) is 14.3 Å². The minimum absolute atomic E-state index is 0.0296. The van der Waals surface area contributed by atoms with E-state index in [1.807, 2.05) is 0 Å². The number of nitro groups is 1. The molecule has 0 saturated carbocycles. The van der Waals surface area contributed by atoms with Crippen LogP contribution in [-0.4, -0.2) is 18.8 Å². The molecule has 0 fully saturated rings. The molecule has 0 aliphatic rings. The van der Waals surface area contributed by atoms with Crippen molar-refractivity contribution in [3.63, 3.8) is 0 Å². The van der Waals surface area contributed by atoms with Crippen molar-refractivity contribution in [1.82, 2.24) is 0 Å². The molecule has 1 atom stereocenters. The highest BCUT2D eigenvalue weighted by Gasteiger charge is 2.14. The average Bonchev–Trinajstić information content (AvgIpc) is 2.11. The van der Waals surface area contributed by atoms with Gasteiger partial charge >= 0.3 is 0 Å². The van der Waals surface area contributed by atoms with Crippen molar-refractivity contribution in [3.05, 3.63) is 31.4 Å². The zero-order valence-corrected chi connectivity index (χ0v) is 10.1. The minimum Gasteiger partial charge on any atom is -0.772 e. The number of phenols is 1. The summed E-state index contributed by atoms with van der Waals surface area (Å²) in [4.78, 5) is 9.83. The molecule has 0 amide bonds. The summed E-state index contributed by atoms with van der Waals surface area (Å²) in [6.45, 7) is 0. The van der Waals surface area contributed by atoms with Gasteiger partial charge in [-0.2, -0.15) is 0 Å². The molecule has 0 heterocycles. The molecule has 8 heteroatoms. The van der Waals surface area contributed by atoms with Gasteiger partial charge in [0.05, 0.1) is 8.49 Å². The molecule has 0 bridgehead atoms. The first-order valence-corrected chi connectivity index (χ1v) is 5.95. The molecule has 0 spiro atoms. The van der Waals surface area contributed by atoms with E-state index in [0.29, 0.717) is 0 Å². The number of benzene rings is 1. The molecule has 0 aromatic heterocycles. The summed E-state index contributed by atoms with van der Waals surface area (Å²) < 4.78 is 21.1. The topological polar surface area (TPSA) is 104 Å². The minimum atomic E-state index is -2.39. The van der Waals surface area contributed by atoms with Gasteiger partial charge in [-0.15, -0.1) is 0 Å². The van der Waals surface area contributed by atoms with Gasteiger partial charge in [0.25, 0.3) is 5.69 Å². The first-order valence-electron chi connectivity index (χ1n) is 3.63. The van der Waals surface area contributed by atoms with Crippen LogP contribution in [0.1, 0.15) is 5.56 Å². The zero-order valence-electron chi connectivity index (χ0n) is 7.18. The van der Waals surface area contributed by atoms with Crippen LogP contribution in [0.15, 0.2) is 12.1 Å². The van der Waals surface area contributed by atoms with E-state index in [1.54, 1.807) is 22.6 Å². The lowest BCUT2D eigenvalue weighted by atomic mass is 10.2. The Balaban J connectivity index is 3.24. The summed E-state index contributed by atoms with van der Waals surface area (Å²) >= 11 is -0.692. The molecule has 1 N–H and O–H groups in total. The molecule has 82 valence electrons. The highest BCUT2D eigenvalue weighted by Crippen LogP contribution is 2.30. The van der Waals surface area contributed by atoms with E-state index in [4.69, 9.17) is 0 Å². The van der Waals surface area contributed by atoms with Crippen molar-refractivity contribution in [3.8, 4) is 5.75 Å². The number of hydrogen-bond acceptors (Lipinski definition) is 5. The summed E-state index contributed by atoms with van der Waals surface area (Å²) in [5.41, 5.74) is -0.209. The molecule has 1 rings (SSSR count). The van der Waals surface area contributed by atoms with E-state index in [2.05, 4.69) is 0 Å². The van der Waals surface area contributed by atoms with Crippen LogP contribution in [0.25, 0.3) is 0 Å². The van der Waals surface area contributed by atoms with E-state index in [-0.39, 0.29) is 20.6 Å². The third kappa shape index (κ3) is 3.11. The Kier molecular flexibility index (Phi) is 3.99. The molecule has 1 aromatic rings. The smallest absolute Gasteiger partial charge is 0.271 e. The Morgan fingerprint density at radius 1 is 1.53 bits per heavy atom. The number of nitrogens with zero attached hydrogens (tertiary/aromatic N) is 1. The van der Waals surface area contributed by atoms with Crippen molar-refractivity contribution < 1.29 is 18.8 Å². The molecular weight excluding hydrogens is 337 g/mol. The first kappa shape index (κ1) is 12.3. The fraction of sp³-hybridized carbons (Fsp3) is 0.143.